The van der Waals surface area contributed by atoms with Crippen molar-refractivity contribution in [3.05, 3.63) is 12.2 Å². The van der Waals surface area contributed by atoms with Crippen LogP contribution in [0.4, 0.5) is 0 Å². The van der Waals surface area contributed by atoms with Gasteiger partial charge in [-0.25, -0.2) is 0 Å². The Hall–Kier alpha value is -0.173. The molecule has 1 heteroatoms. The fourth-order valence-corrected chi connectivity index (χ4v) is 1.19. The Kier molecular flexibility index (Phi) is 4.87. The Balaban J connectivity index is 3.34. The molecule has 0 amide bonds. The molecule has 0 bridgehead atoms. The Morgan fingerprint density at radius 2 is 2.00 bits per heavy atom. The van der Waals surface area contributed by atoms with Crippen LogP contribution in [0.1, 0.15) is 20.8 Å². The summed E-state index contributed by atoms with van der Waals surface area (Å²) in [5.41, 5.74) is 3.16. The average molecular weight is 126 g/mol. The van der Waals surface area contributed by atoms with E-state index < -0.39 is 0 Å². The summed E-state index contributed by atoms with van der Waals surface area (Å²) in [6.45, 7) is 6.57. The van der Waals surface area contributed by atoms with Crippen LogP contribution in [0.2, 0.25) is 5.54 Å². The normalized spacial score (nSPS) is 12.5. The second kappa shape index (κ2) is 4.97. The van der Waals surface area contributed by atoms with Gasteiger partial charge in [0.25, 0.3) is 0 Å². The zero-order valence-electron chi connectivity index (χ0n) is 5.89. The van der Waals surface area contributed by atoms with E-state index in [2.05, 4.69) is 38.6 Å². The quantitative estimate of drug-likeness (QED) is 0.493. The van der Waals surface area contributed by atoms with E-state index in [4.69, 9.17) is 0 Å². The summed E-state index contributed by atoms with van der Waals surface area (Å²) in [7, 11) is 0.553. The van der Waals surface area contributed by atoms with Gasteiger partial charge in [-0.3, -0.25) is 0 Å². The molecule has 0 saturated heterocycles. The van der Waals surface area contributed by atoms with Crippen LogP contribution < -0.4 is 0 Å². The topological polar surface area (TPSA) is 0 Å². The van der Waals surface area contributed by atoms with Gasteiger partial charge in [0.15, 0.2) is 0 Å². The van der Waals surface area contributed by atoms with Gasteiger partial charge < -0.3 is 0 Å². The van der Waals surface area contributed by atoms with Crippen LogP contribution in [-0.4, -0.2) is 14.8 Å². The Bertz CT molecular complexity index is 90.6. The van der Waals surface area contributed by atoms with Crippen LogP contribution >= 0.6 is 0 Å². The molecule has 0 heterocycles. The van der Waals surface area contributed by atoms with E-state index in [9.17, 15) is 0 Å². The molecule has 0 fully saturated rings. The zero-order valence-corrected chi connectivity index (χ0v) is 7.04. The van der Waals surface area contributed by atoms with Crippen molar-refractivity contribution in [3.8, 4) is 0 Å². The molecular formula is C7H14Si. The third-order valence-corrected chi connectivity index (χ3v) is 2.01. The van der Waals surface area contributed by atoms with Gasteiger partial charge in [0.2, 0.25) is 0 Å². The van der Waals surface area contributed by atoms with E-state index in [1.54, 1.807) is 0 Å². The lowest BCUT2D eigenvalue weighted by Gasteiger charge is -1.87. The smallest absolute Gasteiger partial charge is 0.00413 e. The van der Waals surface area contributed by atoms with E-state index in [1.165, 1.54) is 0 Å². The Morgan fingerprint density at radius 3 is 2.38 bits per heavy atom. The summed E-state index contributed by atoms with van der Waals surface area (Å²) >= 11 is 0. The fourth-order valence-electron chi connectivity index (χ4n) is 0.397. The predicted molar refractivity (Wildman–Crippen MR) is 43.1 cm³/mol. The zero-order chi connectivity index (χ0) is 6.41. The molecule has 0 radical (unpaired) electrons. The minimum absolute atomic E-state index is 0.553. The van der Waals surface area contributed by atoms with Crippen molar-refractivity contribution in [2.45, 2.75) is 26.3 Å². The third kappa shape index (κ3) is 5.83. The molecule has 0 aliphatic carbocycles. The monoisotopic (exact) mass is 126 g/mol. The fraction of sp³-hybridized carbons (Fsp3) is 0.571. The molecule has 0 unspecified atom stereocenters. The van der Waals surface area contributed by atoms with Crippen LogP contribution in [0.5, 0.6) is 0 Å². The van der Waals surface area contributed by atoms with Gasteiger partial charge in [0, 0.05) is 0 Å². The maximum absolute atomic E-state index is 2.28. The maximum atomic E-state index is 2.28. The van der Waals surface area contributed by atoms with Gasteiger partial charge in [0.05, 0.1) is 0 Å². The molecule has 8 heavy (non-hydrogen) atoms. The van der Waals surface area contributed by atoms with Crippen molar-refractivity contribution >= 4 is 14.8 Å². The molecule has 46 valence electrons. The van der Waals surface area contributed by atoms with E-state index in [0.717, 1.165) is 5.54 Å². The summed E-state index contributed by atoms with van der Waals surface area (Å²) in [6.07, 6.45) is 4.21. The van der Waals surface area contributed by atoms with E-state index in [0.29, 0.717) is 9.13 Å². The van der Waals surface area contributed by atoms with E-state index >= 15 is 0 Å². The summed E-state index contributed by atoms with van der Waals surface area (Å²) in [6, 6.07) is 0. The molecule has 0 aliphatic heterocycles. The molecule has 0 aromatic heterocycles. The van der Waals surface area contributed by atoms with Crippen molar-refractivity contribution in [3.63, 3.8) is 0 Å². The summed E-state index contributed by atoms with van der Waals surface area (Å²) in [4.78, 5) is 0. The van der Waals surface area contributed by atoms with Gasteiger partial charge in [-0.15, -0.1) is 0 Å². The van der Waals surface area contributed by atoms with Crippen LogP contribution in [0.25, 0.3) is 0 Å². The second-order valence-electron chi connectivity index (χ2n) is 2.15. The predicted octanol–water partition coefficient (Wildman–Crippen LogP) is 1.63. The molecular weight excluding hydrogens is 112 g/mol. The van der Waals surface area contributed by atoms with Gasteiger partial charge in [-0.2, -0.15) is 0 Å². The molecule has 0 aliphatic rings. The minimum atomic E-state index is 0.553. The molecule has 0 saturated carbocycles. The summed E-state index contributed by atoms with van der Waals surface area (Å²) < 4.78 is 0. The van der Waals surface area contributed by atoms with Crippen molar-refractivity contribution in [2.24, 2.45) is 0 Å². The third-order valence-electron chi connectivity index (χ3n) is 0.800. The van der Waals surface area contributed by atoms with Crippen LogP contribution in [0.15, 0.2) is 12.2 Å². The van der Waals surface area contributed by atoms with Gasteiger partial charge in [0.1, 0.15) is 0 Å². The summed E-state index contributed by atoms with van der Waals surface area (Å²) in [5, 5.41) is 0. The lowest BCUT2D eigenvalue weighted by molar-refractivity contribution is 1.07. The molecule has 0 N–H and O–H groups in total. The molecule has 0 rings (SSSR count). The second-order valence-corrected chi connectivity index (χ2v) is 4.26. The van der Waals surface area contributed by atoms with Gasteiger partial charge in [-0.05, 0) is 21.6 Å². The van der Waals surface area contributed by atoms with Crippen molar-refractivity contribution in [1.82, 2.24) is 0 Å². The van der Waals surface area contributed by atoms with E-state index in [-0.39, 0.29) is 0 Å². The molecule has 0 aromatic carbocycles. The van der Waals surface area contributed by atoms with Crippen LogP contribution in [0, 0.1) is 0 Å². The Morgan fingerprint density at radius 1 is 1.38 bits per heavy atom. The molecule has 0 atom stereocenters. The lowest BCUT2D eigenvalue weighted by atomic mass is 10.6. The number of hydrogen-bond donors (Lipinski definition) is 0. The first-order chi connectivity index (χ1) is 3.77. The highest BCUT2D eigenvalue weighted by atomic mass is 28.2. The van der Waals surface area contributed by atoms with Crippen molar-refractivity contribution in [2.75, 3.05) is 0 Å². The van der Waals surface area contributed by atoms with Gasteiger partial charge >= 0.3 is 0 Å². The van der Waals surface area contributed by atoms with Gasteiger partial charge in [-0.1, -0.05) is 31.7 Å². The highest BCUT2D eigenvalue weighted by molar-refractivity contribution is 6.50. The standard InChI is InChI=1S/C7H14Si/c1-4-5-6-8-7(2)3/h4-8H,1-3H3. The molecule has 0 aromatic rings. The summed E-state index contributed by atoms with van der Waals surface area (Å²) in [5.74, 6) is 0. The lowest BCUT2D eigenvalue weighted by Crippen LogP contribution is -1.84. The molecule has 0 nitrogen and oxygen atoms in total. The minimum Gasteiger partial charge on any atom is -0.0881 e. The average Bonchev–Trinajstić information content (AvgIpc) is 1.66. The number of hydrogen-bond acceptors (Lipinski definition) is 0. The SMILES string of the molecule is CC=CC=[SiH]C(C)C. The Labute approximate surface area is 54.1 Å². The van der Waals surface area contributed by atoms with Crippen molar-refractivity contribution < 1.29 is 0 Å². The van der Waals surface area contributed by atoms with Crippen molar-refractivity contribution in [1.29, 1.82) is 0 Å². The van der Waals surface area contributed by atoms with Crippen LogP contribution in [0.3, 0.4) is 0 Å². The molecule has 0 spiro atoms. The highest BCUT2D eigenvalue weighted by Gasteiger charge is 1.78. The maximum Gasteiger partial charge on any atom is -0.00413 e. The first kappa shape index (κ1) is 7.83. The number of allylic oxidation sites excluding steroid dienone is 2. The van der Waals surface area contributed by atoms with E-state index in [1.807, 2.05) is 0 Å². The van der Waals surface area contributed by atoms with Crippen LogP contribution in [-0.2, 0) is 0 Å². The first-order valence-electron chi connectivity index (χ1n) is 3.07. The largest absolute Gasteiger partial charge is 0.0881 e. The first-order valence-corrected chi connectivity index (χ1v) is 4.40. The number of rotatable bonds is 2. The highest BCUT2D eigenvalue weighted by Crippen LogP contribution is 1.89.